The Balaban J connectivity index is 2.00. The number of thioether (sulfide) groups is 1. The van der Waals surface area contributed by atoms with Gasteiger partial charge in [0.05, 0.1) is 5.02 Å². The highest BCUT2D eigenvalue weighted by molar-refractivity contribution is 7.98. The van der Waals surface area contributed by atoms with E-state index in [-0.39, 0.29) is 16.9 Å². The summed E-state index contributed by atoms with van der Waals surface area (Å²) >= 11 is 7.49. The predicted molar refractivity (Wildman–Crippen MR) is 84.9 cm³/mol. The van der Waals surface area contributed by atoms with E-state index >= 15 is 0 Å². The van der Waals surface area contributed by atoms with Crippen molar-refractivity contribution in [2.24, 2.45) is 0 Å². The van der Waals surface area contributed by atoms with Crippen LogP contribution in [0.3, 0.4) is 0 Å². The van der Waals surface area contributed by atoms with Crippen molar-refractivity contribution in [3.05, 3.63) is 64.4 Å². The summed E-state index contributed by atoms with van der Waals surface area (Å²) in [4.78, 5) is 1.24. The minimum atomic E-state index is -0.341. The zero-order valence-electron chi connectivity index (χ0n) is 11.5. The summed E-state index contributed by atoms with van der Waals surface area (Å²) in [6.45, 7) is 2.52. The first-order valence-corrected chi connectivity index (χ1v) is 8.02. The molecule has 4 heteroatoms. The van der Waals surface area contributed by atoms with Crippen LogP contribution in [0.25, 0.3) is 0 Å². The highest BCUT2D eigenvalue weighted by atomic mass is 35.5. The first kappa shape index (κ1) is 15.4. The second-order valence-corrected chi connectivity index (χ2v) is 5.88. The fourth-order valence-electron chi connectivity index (χ4n) is 1.96. The molecule has 2 rings (SSSR count). The monoisotopic (exact) mass is 309 g/mol. The number of nitrogens with one attached hydrogen (secondary N) is 1. The Hall–Kier alpha value is -1.03. The molecule has 2 aromatic carbocycles. The molecule has 1 atom stereocenters. The summed E-state index contributed by atoms with van der Waals surface area (Å²) in [7, 11) is 0. The van der Waals surface area contributed by atoms with E-state index in [1.165, 1.54) is 10.5 Å². The third-order valence-electron chi connectivity index (χ3n) is 3.25. The number of benzene rings is 2. The first-order valence-electron chi connectivity index (χ1n) is 6.42. The van der Waals surface area contributed by atoms with Crippen molar-refractivity contribution >= 4 is 23.4 Å². The molecule has 0 aliphatic rings. The minimum absolute atomic E-state index is 0.157. The number of hydrogen-bond acceptors (Lipinski definition) is 2. The number of halogens is 2. The minimum Gasteiger partial charge on any atom is -0.306 e. The molecule has 0 aromatic heterocycles. The molecule has 1 nitrogen and oxygen atoms in total. The molecule has 106 valence electrons. The average molecular weight is 310 g/mol. The van der Waals surface area contributed by atoms with E-state index in [0.29, 0.717) is 12.1 Å². The molecule has 20 heavy (non-hydrogen) atoms. The Morgan fingerprint density at radius 1 is 1.20 bits per heavy atom. The molecule has 0 saturated carbocycles. The molecule has 0 radical (unpaired) electrons. The summed E-state index contributed by atoms with van der Waals surface area (Å²) in [6.07, 6.45) is 2.05. The van der Waals surface area contributed by atoms with E-state index in [1.807, 2.05) is 0 Å². The van der Waals surface area contributed by atoms with E-state index in [4.69, 9.17) is 11.6 Å². The van der Waals surface area contributed by atoms with E-state index in [0.717, 1.165) is 0 Å². The summed E-state index contributed by atoms with van der Waals surface area (Å²) < 4.78 is 13.8. The third-order valence-corrected chi connectivity index (χ3v) is 4.28. The normalized spacial score (nSPS) is 12.4. The first-order chi connectivity index (χ1) is 9.61. The number of rotatable bonds is 5. The van der Waals surface area contributed by atoms with Gasteiger partial charge in [0.25, 0.3) is 0 Å². The fourth-order valence-corrected chi connectivity index (χ4v) is 2.56. The van der Waals surface area contributed by atoms with Crippen LogP contribution in [-0.2, 0) is 6.54 Å². The van der Waals surface area contributed by atoms with Crippen molar-refractivity contribution in [3.63, 3.8) is 0 Å². The lowest BCUT2D eigenvalue weighted by molar-refractivity contribution is 0.544. The lowest BCUT2D eigenvalue weighted by atomic mass is 10.1. The van der Waals surface area contributed by atoms with Gasteiger partial charge in [-0.05, 0) is 36.9 Å². The molecule has 0 aliphatic heterocycles. The van der Waals surface area contributed by atoms with Crippen LogP contribution in [-0.4, -0.2) is 6.26 Å². The van der Waals surface area contributed by atoms with E-state index in [1.54, 1.807) is 30.0 Å². The number of hydrogen-bond donors (Lipinski definition) is 1. The van der Waals surface area contributed by atoms with Crippen LogP contribution in [0.2, 0.25) is 5.02 Å². The van der Waals surface area contributed by atoms with Crippen LogP contribution in [0.5, 0.6) is 0 Å². The molecule has 0 saturated heterocycles. The summed E-state index contributed by atoms with van der Waals surface area (Å²) in [5.74, 6) is -0.341. The van der Waals surface area contributed by atoms with E-state index in [2.05, 4.69) is 42.8 Å². The highest BCUT2D eigenvalue weighted by Gasteiger charge is 2.09. The lowest BCUT2D eigenvalue weighted by Gasteiger charge is -2.15. The van der Waals surface area contributed by atoms with Gasteiger partial charge in [0, 0.05) is 23.0 Å². The summed E-state index contributed by atoms with van der Waals surface area (Å²) in [5.41, 5.74) is 1.77. The van der Waals surface area contributed by atoms with Gasteiger partial charge in [-0.15, -0.1) is 11.8 Å². The van der Waals surface area contributed by atoms with Crippen molar-refractivity contribution in [2.45, 2.75) is 24.4 Å². The Bertz CT molecular complexity index is 571. The van der Waals surface area contributed by atoms with Crippen LogP contribution < -0.4 is 5.32 Å². The van der Waals surface area contributed by atoms with Crippen molar-refractivity contribution in [2.75, 3.05) is 6.26 Å². The molecule has 0 amide bonds. The molecule has 0 fully saturated rings. The quantitative estimate of drug-likeness (QED) is 0.775. The van der Waals surface area contributed by atoms with Crippen LogP contribution >= 0.6 is 23.4 Å². The van der Waals surface area contributed by atoms with E-state index in [9.17, 15) is 4.39 Å². The molecule has 0 bridgehead atoms. The second kappa shape index (κ2) is 7.11. The maximum Gasteiger partial charge on any atom is 0.146 e. The van der Waals surface area contributed by atoms with Crippen molar-refractivity contribution < 1.29 is 4.39 Å². The average Bonchev–Trinajstić information content (AvgIpc) is 2.48. The zero-order valence-corrected chi connectivity index (χ0v) is 13.1. The van der Waals surface area contributed by atoms with Crippen LogP contribution in [0.15, 0.2) is 47.4 Å². The summed E-state index contributed by atoms with van der Waals surface area (Å²) in [5, 5.41) is 3.48. The van der Waals surface area contributed by atoms with Gasteiger partial charge in [0.15, 0.2) is 0 Å². The van der Waals surface area contributed by atoms with Gasteiger partial charge < -0.3 is 5.32 Å². The van der Waals surface area contributed by atoms with E-state index < -0.39 is 0 Å². The van der Waals surface area contributed by atoms with Gasteiger partial charge in [-0.1, -0.05) is 35.9 Å². The van der Waals surface area contributed by atoms with Gasteiger partial charge in [0.1, 0.15) is 5.82 Å². The maximum absolute atomic E-state index is 13.8. The van der Waals surface area contributed by atoms with Gasteiger partial charge in [0.2, 0.25) is 0 Å². The van der Waals surface area contributed by atoms with Crippen molar-refractivity contribution in [1.82, 2.24) is 5.32 Å². The molecule has 2 aromatic rings. The maximum atomic E-state index is 13.8. The molecular formula is C16H17ClFNS. The molecule has 1 unspecified atom stereocenters. The molecular weight excluding hydrogens is 293 g/mol. The highest BCUT2D eigenvalue weighted by Crippen LogP contribution is 2.21. The molecule has 0 spiro atoms. The fraction of sp³-hybridized carbons (Fsp3) is 0.250. The predicted octanol–water partition coefficient (Wildman–Crippen LogP) is 5.05. The van der Waals surface area contributed by atoms with Gasteiger partial charge in [-0.2, -0.15) is 0 Å². The van der Waals surface area contributed by atoms with Crippen molar-refractivity contribution in [3.8, 4) is 0 Å². The Kier molecular flexibility index (Phi) is 5.46. The van der Waals surface area contributed by atoms with Crippen LogP contribution in [0.1, 0.15) is 24.1 Å². The van der Waals surface area contributed by atoms with Gasteiger partial charge in [-0.3, -0.25) is 0 Å². The van der Waals surface area contributed by atoms with Crippen molar-refractivity contribution in [1.29, 1.82) is 0 Å². The summed E-state index contributed by atoms with van der Waals surface area (Å²) in [6, 6.07) is 13.6. The SMILES string of the molecule is CSc1ccc(C(C)NCc2cccc(Cl)c2F)cc1. The standard InChI is InChI=1S/C16H17ClFNS/c1-11(12-6-8-14(20-2)9-7-12)19-10-13-4-3-5-15(17)16(13)18/h3-9,11,19H,10H2,1-2H3. The Labute approximate surface area is 128 Å². The Morgan fingerprint density at radius 3 is 2.55 bits per heavy atom. The Morgan fingerprint density at radius 2 is 1.90 bits per heavy atom. The molecule has 1 N–H and O–H groups in total. The lowest BCUT2D eigenvalue weighted by Crippen LogP contribution is -2.18. The second-order valence-electron chi connectivity index (χ2n) is 4.59. The van der Waals surface area contributed by atoms with Gasteiger partial charge in [-0.25, -0.2) is 4.39 Å². The third kappa shape index (κ3) is 3.75. The van der Waals surface area contributed by atoms with Crippen LogP contribution in [0, 0.1) is 5.82 Å². The van der Waals surface area contributed by atoms with Gasteiger partial charge >= 0.3 is 0 Å². The molecule has 0 heterocycles. The smallest absolute Gasteiger partial charge is 0.146 e. The molecule has 0 aliphatic carbocycles. The van der Waals surface area contributed by atoms with Crippen LogP contribution in [0.4, 0.5) is 4.39 Å². The zero-order chi connectivity index (χ0) is 14.5. The topological polar surface area (TPSA) is 12.0 Å². The largest absolute Gasteiger partial charge is 0.306 e.